The van der Waals surface area contributed by atoms with Crippen molar-refractivity contribution in [2.45, 2.75) is 19.0 Å². The van der Waals surface area contributed by atoms with E-state index in [0.717, 1.165) is 11.1 Å². The van der Waals surface area contributed by atoms with Crippen LogP contribution in [-0.4, -0.2) is 40.4 Å². The summed E-state index contributed by atoms with van der Waals surface area (Å²) in [7, 11) is 0. The van der Waals surface area contributed by atoms with Crippen LogP contribution in [0.2, 0.25) is 0 Å². The number of carbonyl (C=O) groups excluding carboxylic acids is 3. The van der Waals surface area contributed by atoms with Gasteiger partial charge in [-0.25, -0.2) is 5.48 Å². The largest absolute Gasteiger partial charge is 0.345 e. The van der Waals surface area contributed by atoms with Gasteiger partial charge in [0.1, 0.15) is 6.04 Å². The monoisotopic (exact) mass is 353 g/mol. The first kappa shape index (κ1) is 17.6. The molecule has 1 heterocycles. The molecule has 3 N–H and O–H groups in total. The summed E-state index contributed by atoms with van der Waals surface area (Å²) < 4.78 is 0. The van der Waals surface area contributed by atoms with Crippen molar-refractivity contribution in [1.29, 1.82) is 0 Å². The van der Waals surface area contributed by atoms with Gasteiger partial charge in [0.15, 0.2) is 0 Å². The number of hydrogen-bond donors (Lipinski definition) is 3. The van der Waals surface area contributed by atoms with Gasteiger partial charge >= 0.3 is 0 Å². The van der Waals surface area contributed by atoms with Crippen molar-refractivity contribution < 1.29 is 19.6 Å². The Balaban J connectivity index is 1.79. The summed E-state index contributed by atoms with van der Waals surface area (Å²) in [6, 6.07) is 15.5. The Morgan fingerprint density at radius 3 is 2.42 bits per heavy atom. The zero-order chi connectivity index (χ0) is 18.5. The quantitative estimate of drug-likeness (QED) is 0.549. The van der Waals surface area contributed by atoms with Gasteiger partial charge in [0.05, 0.1) is 6.54 Å². The van der Waals surface area contributed by atoms with Crippen molar-refractivity contribution in [3.63, 3.8) is 0 Å². The predicted octanol–water partition coefficient (Wildman–Crippen LogP) is 0.875. The first-order chi connectivity index (χ1) is 12.6. The average molecular weight is 353 g/mol. The van der Waals surface area contributed by atoms with Gasteiger partial charge in [0, 0.05) is 18.5 Å². The zero-order valence-electron chi connectivity index (χ0n) is 14.0. The molecule has 0 bridgehead atoms. The minimum atomic E-state index is -0.605. The molecule has 1 unspecified atom stereocenters. The minimum Gasteiger partial charge on any atom is -0.345 e. The highest BCUT2D eigenvalue weighted by atomic mass is 16.5. The maximum Gasteiger partial charge on any atom is 0.274 e. The van der Waals surface area contributed by atoms with E-state index in [1.807, 2.05) is 30.3 Å². The van der Waals surface area contributed by atoms with Crippen molar-refractivity contribution in [1.82, 2.24) is 15.7 Å². The van der Waals surface area contributed by atoms with Crippen molar-refractivity contribution in [2.24, 2.45) is 0 Å². The van der Waals surface area contributed by atoms with Crippen molar-refractivity contribution in [2.75, 3.05) is 6.54 Å². The Kier molecular flexibility index (Phi) is 5.28. The summed E-state index contributed by atoms with van der Waals surface area (Å²) in [6.07, 6.45) is 0.434. The molecular weight excluding hydrogens is 334 g/mol. The van der Waals surface area contributed by atoms with E-state index in [4.69, 9.17) is 5.21 Å². The summed E-state index contributed by atoms with van der Waals surface area (Å²) in [5.74, 6) is -0.931. The number of carbonyl (C=O) groups is 3. The molecule has 134 valence electrons. The first-order valence-electron chi connectivity index (χ1n) is 8.23. The molecule has 0 radical (unpaired) electrons. The molecule has 7 heteroatoms. The number of hydroxylamine groups is 1. The van der Waals surface area contributed by atoms with Crippen molar-refractivity contribution in [3.05, 3.63) is 71.3 Å². The van der Waals surface area contributed by atoms with Gasteiger partial charge in [-0.05, 0) is 23.3 Å². The van der Waals surface area contributed by atoms with E-state index in [-0.39, 0.29) is 24.9 Å². The molecule has 2 aromatic carbocycles. The molecule has 1 aliphatic heterocycles. The Bertz CT molecular complexity index is 805. The molecular formula is C19H19N3O4. The van der Waals surface area contributed by atoms with Crippen molar-refractivity contribution >= 4 is 17.7 Å². The second-order valence-electron chi connectivity index (χ2n) is 6.08. The van der Waals surface area contributed by atoms with Crippen LogP contribution in [-0.2, 0) is 22.6 Å². The van der Waals surface area contributed by atoms with Gasteiger partial charge in [-0.2, -0.15) is 0 Å². The average Bonchev–Trinajstić information content (AvgIpc) is 2.68. The fourth-order valence-electron chi connectivity index (χ4n) is 2.96. The third-order valence-electron chi connectivity index (χ3n) is 4.36. The van der Waals surface area contributed by atoms with Crippen LogP contribution in [0.15, 0.2) is 54.6 Å². The van der Waals surface area contributed by atoms with Crippen LogP contribution in [0.3, 0.4) is 0 Å². The molecule has 26 heavy (non-hydrogen) atoms. The van der Waals surface area contributed by atoms with E-state index in [0.29, 0.717) is 12.0 Å². The number of nitrogens with one attached hydrogen (secondary N) is 2. The second kappa shape index (κ2) is 7.79. The molecule has 2 aromatic rings. The maximum atomic E-state index is 12.4. The number of amides is 3. The van der Waals surface area contributed by atoms with Crippen LogP contribution in [0.5, 0.6) is 0 Å². The van der Waals surface area contributed by atoms with Gasteiger partial charge in [0.2, 0.25) is 11.8 Å². The lowest BCUT2D eigenvalue weighted by molar-refractivity contribution is -0.146. The second-order valence-corrected chi connectivity index (χ2v) is 6.08. The molecule has 3 amide bonds. The highest BCUT2D eigenvalue weighted by Gasteiger charge is 2.34. The van der Waals surface area contributed by atoms with E-state index < -0.39 is 11.9 Å². The van der Waals surface area contributed by atoms with Gasteiger partial charge in [-0.15, -0.1) is 0 Å². The molecule has 1 atom stereocenters. The van der Waals surface area contributed by atoms with E-state index in [1.54, 1.807) is 34.6 Å². The Labute approximate surface area is 150 Å². The fraction of sp³-hybridized carbons (Fsp3) is 0.211. The van der Waals surface area contributed by atoms with Crippen LogP contribution >= 0.6 is 0 Å². The summed E-state index contributed by atoms with van der Waals surface area (Å²) in [4.78, 5) is 37.7. The van der Waals surface area contributed by atoms with Gasteiger partial charge in [0.25, 0.3) is 5.91 Å². The molecule has 1 aliphatic rings. The van der Waals surface area contributed by atoms with Crippen LogP contribution in [0, 0.1) is 0 Å². The smallest absolute Gasteiger partial charge is 0.274 e. The van der Waals surface area contributed by atoms with Crippen LogP contribution < -0.4 is 10.8 Å². The van der Waals surface area contributed by atoms with Gasteiger partial charge in [-0.3, -0.25) is 19.6 Å². The molecule has 3 rings (SSSR count). The topological polar surface area (TPSA) is 98.7 Å². The summed E-state index contributed by atoms with van der Waals surface area (Å²) in [5.41, 5.74) is 3.64. The van der Waals surface area contributed by atoms with Crippen molar-refractivity contribution in [3.8, 4) is 0 Å². The van der Waals surface area contributed by atoms with E-state index in [9.17, 15) is 14.4 Å². The van der Waals surface area contributed by atoms with Gasteiger partial charge < -0.3 is 10.2 Å². The van der Waals surface area contributed by atoms with E-state index in [2.05, 4.69) is 5.32 Å². The minimum absolute atomic E-state index is 0.0187. The zero-order valence-corrected chi connectivity index (χ0v) is 14.0. The normalized spacial score (nSPS) is 17.0. The maximum absolute atomic E-state index is 12.4. The standard InChI is InChI=1S/C19H19N3O4/c23-17-11-20-19(25)16(10-13-4-2-1-3-5-13)22(17)12-14-6-8-15(9-7-14)18(24)21-26/h1-9,16,26H,10-12H2,(H,20,25)(H,21,24). The lowest BCUT2D eigenvalue weighted by Crippen LogP contribution is -2.58. The number of nitrogens with zero attached hydrogens (tertiary/aromatic N) is 1. The van der Waals surface area contributed by atoms with Crippen LogP contribution in [0.25, 0.3) is 0 Å². The van der Waals surface area contributed by atoms with E-state index in [1.165, 1.54) is 0 Å². The first-order valence-corrected chi connectivity index (χ1v) is 8.23. The molecule has 0 aliphatic carbocycles. The predicted molar refractivity (Wildman–Crippen MR) is 93.2 cm³/mol. The third kappa shape index (κ3) is 3.89. The molecule has 7 nitrogen and oxygen atoms in total. The molecule has 0 spiro atoms. The third-order valence-corrected chi connectivity index (χ3v) is 4.36. The number of piperazine rings is 1. The summed E-state index contributed by atoms with van der Waals surface area (Å²) in [6.45, 7) is 0.250. The summed E-state index contributed by atoms with van der Waals surface area (Å²) in [5, 5.41) is 11.3. The number of benzene rings is 2. The number of rotatable bonds is 5. The van der Waals surface area contributed by atoms with Crippen LogP contribution in [0.1, 0.15) is 21.5 Å². The number of hydrogen-bond acceptors (Lipinski definition) is 4. The SMILES string of the molecule is O=C(NO)c1ccc(CN2C(=O)CNC(=O)C2Cc2ccccc2)cc1. The highest BCUT2D eigenvalue weighted by Crippen LogP contribution is 2.17. The Morgan fingerprint density at radius 1 is 1.08 bits per heavy atom. The summed E-state index contributed by atoms with van der Waals surface area (Å²) >= 11 is 0. The van der Waals surface area contributed by atoms with Crippen LogP contribution in [0.4, 0.5) is 0 Å². The fourth-order valence-corrected chi connectivity index (χ4v) is 2.96. The molecule has 0 aromatic heterocycles. The molecule has 1 saturated heterocycles. The molecule has 1 fully saturated rings. The highest BCUT2D eigenvalue weighted by molar-refractivity contribution is 5.95. The molecule has 0 saturated carbocycles. The lowest BCUT2D eigenvalue weighted by Gasteiger charge is -2.35. The Morgan fingerprint density at radius 2 is 1.77 bits per heavy atom. The Hall–Kier alpha value is -3.19. The van der Waals surface area contributed by atoms with E-state index >= 15 is 0 Å². The van der Waals surface area contributed by atoms with Gasteiger partial charge in [-0.1, -0.05) is 42.5 Å². The lowest BCUT2D eigenvalue weighted by atomic mass is 10.0.